The predicted octanol–water partition coefficient (Wildman–Crippen LogP) is 3.35. The summed E-state index contributed by atoms with van der Waals surface area (Å²) in [6, 6.07) is 3.16. The number of carbonyl (C=O) groups excluding carboxylic acids is 3. The van der Waals surface area contributed by atoms with Crippen LogP contribution in [0.5, 0.6) is 5.88 Å². The molecule has 11 heteroatoms. The predicted molar refractivity (Wildman–Crippen MR) is 141 cm³/mol. The molecule has 3 amide bonds. The first-order valence-corrected chi connectivity index (χ1v) is 14.0. The summed E-state index contributed by atoms with van der Waals surface area (Å²) in [5, 5.41) is 13.3. The van der Waals surface area contributed by atoms with E-state index in [4.69, 9.17) is 4.74 Å². The topological polar surface area (TPSA) is 129 Å². The zero-order chi connectivity index (χ0) is 27.5. The summed E-state index contributed by atoms with van der Waals surface area (Å²) < 4.78 is 19.5. The van der Waals surface area contributed by atoms with Gasteiger partial charge in [0, 0.05) is 48.1 Å². The standard InChI is InChI=1S/C28H37FN6O4/c1-16-7-8-18(5-3-4-6-25(36)31-16)32-27(37)17-11-19-9-10-20(12-17)35(19)28(38)24-14-23(33-34-24)21-13-26(39-2)30-15-22(21)29/h13-20H,3-12H2,1-2H3,(H,31,36)(H,32,37)(H,33,34)/t16-,17-,18+,19-,20+/m1/s1. The summed E-state index contributed by atoms with van der Waals surface area (Å²) in [6.45, 7) is 2.01. The lowest BCUT2D eigenvalue weighted by Crippen LogP contribution is -2.50. The minimum absolute atomic E-state index is 0.0239. The third-order valence-corrected chi connectivity index (χ3v) is 8.37. The number of carbonyl (C=O) groups is 3. The van der Waals surface area contributed by atoms with Crippen molar-refractivity contribution in [1.29, 1.82) is 0 Å². The second-order valence-electron chi connectivity index (χ2n) is 11.1. The number of halogens is 1. The van der Waals surface area contributed by atoms with Crippen molar-refractivity contribution in [2.45, 2.75) is 95.3 Å². The average Bonchev–Trinajstić information content (AvgIpc) is 3.51. The summed E-state index contributed by atoms with van der Waals surface area (Å²) in [6.07, 6.45) is 8.85. The van der Waals surface area contributed by atoms with Crippen LogP contribution < -0.4 is 15.4 Å². The number of nitrogens with one attached hydrogen (secondary N) is 3. The number of hydrogen-bond acceptors (Lipinski definition) is 6. The Balaban J connectivity index is 1.21. The van der Waals surface area contributed by atoms with Crippen LogP contribution >= 0.6 is 0 Å². The maximum absolute atomic E-state index is 14.4. The number of ether oxygens (including phenoxy) is 1. The smallest absolute Gasteiger partial charge is 0.274 e. The van der Waals surface area contributed by atoms with Crippen LogP contribution in [-0.2, 0) is 9.59 Å². The molecule has 0 aliphatic carbocycles. The largest absolute Gasteiger partial charge is 0.481 e. The van der Waals surface area contributed by atoms with Crippen LogP contribution in [0.2, 0.25) is 0 Å². The third-order valence-electron chi connectivity index (χ3n) is 8.37. The van der Waals surface area contributed by atoms with Crippen molar-refractivity contribution in [3.05, 3.63) is 29.8 Å². The van der Waals surface area contributed by atoms with Crippen LogP contribution in [0.15, 0.2) is 18.3 Å². The maximum Gasteiger partial charge on any atom is 0.274 e. The first-order chi connectivity index (χ1) is 18.8. The van der Waals surface area contributed by atoms with Gasteiger partial charge in [-0.25, -0.2) is 9.37 Å². The highest BCUT2D eigenvalue weighted by Crippen LogP contribution is 2.40. The molecule has 10 nitrogen and oxygen atoms in total. The van der Waals surface area contributed by atoms with Crippen LogP contribution in [0.3, 0.4) is 0 Å². The molecular formula is C28H37FN6O4. The summed E-state index contributed by atoms with van der Waals surface area (Å²) in [4.78, 5) is 44.4. The Morgan fingerprint density at radius 3 is 2.62 bits per heavy atom. The molecule has 0 radical (unpaired) electrons. The molecule has 3 saturated heterocycles. The van der Waals surface area contributed by atoms with E-state index < -0.39 is 5.82 Å². The highest BCUT2D eigenvalue weighted by molar-refractivity contribution is 5.94. The zero-order valence-corrected chi connectivity index (χ0v) is 22.5. The normalized spacial score (nSPS) is 27.5. The van der Waals surface area contributed by atoms with Gasteiger partial charge in [0.2, 0.25) is 17.7 Å². The number of amides is 3. The van der Waals surface area contributed by atoms with E-state index in [0.717, 1.165) is 51.1 Å². The Kier molecular flexibility index (Phi) is 8.13. The number of aromatic amines is 1. The number of hydrogen-bond donors (Lipinski definition) is 3. The molecule has 0 aromatic carbocycles. The Bertz CT molecular complexity index is 1200. The average molecular weight is 541 g/mol. The maximum atomic E-state index is 14.4. The van der Waals surface area contributed by atoms with Crippen molar-refractivity contribution in [3.8, 4) is 17.1 Å². The molecule has 3 N–H and O–H groups in total. The Morgan fingerprint density at radius 2 is 1.87 bits per heavy atom. The van der Waals surface area contributed by atoms with Crippen molar-refractivity contribution >= 4 is 17.7 Å². The van der Waals surface area contributed by atoms with Gasteiger partial charge < -0.3 is 20.3 Å². The van der Waals surface area contributed by atoms with E-state index in [-0.39, 0.29) is 64.9 Å². The van der Waals surface area contributed by atoms with Gasteiger partial charge in [-0.15, -0.1) is 0 Å². The fraction of sp³-hybridized carbons (Fsp3) is 0.607. The number of pyridine rings is 1. The molecular weight excluding hydrogens is 503 g/mol. The van der Waals surface area contributed by atoms with Gasteiger partial charge in [0.1, 0.15) is 0 Å². The molecule has 210 valence electrons. The lowest BCUT2D eigenvalue weighted by Gasteiger charge is -2.38. The summed E-state index contributed by atoms with van der Waals surface area (Å²) >= 11 is 0. The molecule has 5 heterocycles. The summed E-state index contributed by atoms with van der Waals surface area (Å²) in [7, 11) is 1.45. The van der Waals surface area contributed by atoms with E-state index in [0.29, 0.717) is 25.0 Å². The lowest BCUT2D eigenvalue weighted by atomic mass is 9.89. The fourth-order valence-corrected chi connectivity index (χ4v) is 6.32. The molecule has 39 heavy (non-hydrogen) atoms. The van der Waals surface area contributed by atoms with E-state index in [1.165, 1.54) is 13.2 Å². The van der Waals surface area contributed by atoms with Crippen LogP contribution in [0.4, 0.5) is 4.39 Å². The highest BCUT2D eigenvalue weighted by atomic mass is 19.1. The number of aromatic nitrogens is 3. The van der Waals surface area contributed by atoms with E-state index in [2.05, 4.69) is 25.8 Å². The second kappa shape index (κ2) is 11.7. The van der Waals surface area contributed by atoms with E-state index in [1.54, 1.807) is 6.07 Å². The first-order valence-electron chi connectivity index (χ1n) is 14.0. The van der Waals surface area contributed by atoms with Crippen LogP contribution in [0.1, 0.15) is 81.6 Å². The minimum Gasteiger partial charge on any atom is -0.481 e. The third kappa shape index (κ3) is 6.07. The fourth-order valence-electron chi connectivity index (χ4n) is 6.32. The molecule has 2 aromatic heterocycles. The Morgan fingerprint density at radius 1 is 1.10 bits per heavy atom. The molecule has 0 spiro atoms. The van der Waals surface area contributed by atoms with Crippen molar-refractivity contribution in [2.75, 3.05) is 7.11 Å². The monoisotopic (exact) mass is 540 g/mol. The van der Waals surface area contributed by atoms with Crippen LogP contribution in [0, 0.1) is 11.7 Å². The molecule has 3 fully saturated rings. The van der Waals surface area contributed by atoms with Gasteiger partial charge in [-0.3, -0.25) is 19.5 Å². The summed E-state index contributed by atoms with van der Waals surface area (Å²) in [5.74, 6) is -0.431. The molecule has 5 rings (SSSR count). The quantitative estimate of drug-likeness (QED) is 0.534. The molecule has 3 aliphatic heterocycles. The van der Waals surface area contributed by atoms with Gasteiger partial charge >= 0.3 is 0 Å². The molecule has 0 saturated carbocycles. The molecule has 3 aliphatic rings. The van der Waals surface area contributed by atoms with Gasteiger partial charge in [-0.05, 0) is 64.4 Å². The summed E-state index contributed by atoms with van der Waals surface area (Å²) in [5.41, 5.74) is 0.824. The number of nitrogens with zero attached hydrogens (tertiary/aromatic N) is 3. The Hall–Kier alpha value is -3.50. The SMILES string of the molecule is COc1cc(-c2cc(C(=O)N3[C@@H]4CC[C@H]3C[C@H](C(=O)N[C@H]3CCCCC(=O)N[C@H](C)CC3)C4)n[nH]2)c(F)cn1. The van der Waals surface area contributed by atoms with Crippen molar-refractivity contribution in [1.82, 2.24) is 30.7 Å². The highest BCUT2D eigenvalue weighted by Gasteiger charge is 2.46. The van der Waals surface area contributed by atoms with E-state index in [1.807, 2.05) is 11.8 Å². The van der Waals surface area contributed by atoms with E-state index in [9.17, 15) is 18.8 Å². The van der Waals surface area contributed by atoms with Crippen LogP contribution in [-0.4, -0.2) is 69.1 Å². The van der Waals surface area contributed by atoms with Gasteiger partial charge in [0.25, 0.3) is 5.91 Å². The van der Waals surface area contributed by atoms with Crippen LogP contribution in [0.25, 0.3) is 11.3 Å². The van der Waals surface area contributed by atoms with Gasteiger partial charge in [0.05, 0.1) is 19.0 Å². The minimum atomic E-state index is -0.542. The Labute approximate surface area is 227 Å². The zero-order valence-electron chi connectivity index (χ0n) is 22.5. The number of rotatable bonds is 5. The molecule has 2 bridgehead atoms. The molecule has 2 aromatic rings. The molecule has 5 atom stereocenters. The van der Waals surface area contributed by atoms with Crippen molar-refractivity contribution < 1.29 is 23.5 Å². The van der Waals surface area contributed by atoms with Crippen molar-refractivity contribution in [3.63, 3.8) is 0 Å². The van der Waals surface area contributed by atoms with Crippen molar-refractivity contribution in [2.24, 2.45) is 5.92 Å². The number of methoxy groups -OCH3 is 1. The van der Waals surface area contributed by atoms with Gasteiger partial charge in [0.15, 0.2) is 11.5 Å². The number of H-pyrrole nitrogens is 1. The van der Waals surface area contributed by atoms with Gasteiger partial charge in [-0.2, -0.15) is 5.10 Å². The first kappa shape index (κ1) is 27.1. The van der Waals surface area contributed by atoms with E-state index >= 15 is 0 Å². The number of piperidine rings is 1. The van der Waals surface area contributed by atoms with Gasteiger partial charge in [-0.1, -0.05) is 6.42 Å². The molecule has 0 unspecified atom stereocenters. The lowest BCUT2D eigenvalue weighted by molar-refractivity contribution is -0.128. The number of fused-ring (bicyclic) bond motifs is 2. The second-order valence-corrected chi connectivity index (χ2v) is 11.1.